The van der Waals surface area contributed by atoms with Gasteiger partial charge in [0, 0.05) is 30.9 Å². The van der Waals surface area contributed by atoms with E-state index in [9.17, 15) is 0 Å². The predicted molar refractivity (Wildman–Crippen MR) is 67.4 cm³/mol. The van der Waals surface area contributed by atoms with E-state index >= 15 is 0 Å². The second kappa shape index (κ2) is 4.66. The first kappa shape index (κ1) is 11.1. The molecule has 0 radical (unpaired) electrons. The summed E-state index contributed by atoms with van der Waals surface area (Å²) < 4.78 is 0. The highest BCUT2D eigenvalue weighted by Gasteiger charge is 2.16. The number of anilines is 1. The molecule has 3 nitrogen and oxygen atoms in total. The van der Waals surface area contributed by atoms with Gasteiger partial charge in [-0.3, -0.25) is 0 Å². The van der Waals surface area contributed by atoms with Crippen LogP contribution in [0.4, 0.5) is 5.82 Å². The van der Waals surface area contributed by atoms with Crippen molar-refractivity contribution >= 4 is 5.82 Å². The molecule has 2 heterocycles. The van der Waals surface area contributed by atoms with E-state index in [-0.39, 0.29) is 6.04 Å². The Labute approximate surface area is 97.0 Å². The lowest BCUT2D eigenvalue weighted by Gasteiger charge is -2.29. The highest BCUT2D eigenvalue weighted by atomic mass is 15.2. The molecule has 0 bridgehead atoms. The summed E-state index contributed by atoms with van der Waals surface area (Å²) in [6.45, 7) is 6.18. The number of nitrogens with two attached hydrogens (primary N) is 1. The summed E-state index contributed by atoms with van der Waals surface area (Å²) >= 11 is 0. The Balaban J connectivity index is 2.27. The molecule has 1 atom stereocenters. The van der Waals surface area contributed by atoms with E-state index < -0.39 is 0 Å². The first-order valence-corrected chi connectivity index (χ1v) is 5.79. The van der Waals surface area contributed by atoms with Crippen molar-refractivity contribution < 1.29 is 0 Å². The molecule has 0 saturated carbocycles. The van der Waals surface area contributed by atoms with Gasteiger partial charge in [-0.1, -0.05) is 17.7 Å². The number of hydrogen-bond donors (Lipinski definition) is 1. The van der Waals surface area contributed by atoms with Crippen LogP contribution < -0.4 is 10.6 Å². The number of rotatable bonds is 2. The van der Waals surface area contributed by atoms with Crippen LogP contribution >= 0.6 is 0 Å². The van der Waals surface area contributed by atoms with Crippen LogP contribution in [0.3, 0.4) is 0 Å². The van der Waals surface area contributed by atoms with Crippen LogP contribution in [-0.2, 0) is 0 Å². The summed E-state index contributed by atoms with van der Waals surface area (Å²) in [5.41, 5.74) is 8.57. The second-order valence-electron chi connectivity index (χ2n) is 4.45. The lowest BCUT2D eigenvalue weighted by molar-refractivity contribution is 0.745. The smallest absolute Gasteiger partial charge is 0.133 e. The van der Waals surface area contributed by atoms with Crippen LogP contribution in [0.5, 0.6) is 0 Å². The van der Waals surface area contributed by atoms with Gasteiger partial charge < -0.3 is 10.6 Å². The van der Waals surface area contributed by atoms with Crippen LogP contribution in [0.15, 0.2) is 30.0 Å². The van der Waals surface area contributed by atoms with Crippen molar-refractivity contribution in [2.24, 2.45) is 5.73 Å². The van der Waals surface area contributed by atoms with Crippen LogP contribution in [0.1, 0.15) is 31.9 Å². The average molecular weight is 217 g/mol. The van der Waals surface area contributed by atoms with Crippen molar-refractivity contribution in [3.63, 3.8) is 0 Å². The standard InChI is InChI=1S/C13H19N3/c1-10-5-8-16(9-6-10)13-12(11(2)14)4-3-7-15-13/h3-5,7,11H,6,8-9,14H2,1-2H3/t11-/m0/s1. The fourth-order valence-corrected chi connectivity index (χ4v) is 1.99. The van der Waals surface area contributed by atoms with E-state index in [0.717, 1.165) is 30.9 Å². The molecule has 0 aromatic carbocycles. The monoisotopic (exact) mass is 217 g/mol. The molecule has 1 aromatic heterocycles. The summed E-state index contributed by atoms with van der Waals surface area (Å²) in [7, 11) is 0. The molecule has 1 aromatic rings. The Morgan fingerprint density at radius 3 is 2.94 bits per heavy atom. The third-order valence-electron chi connectivity index (χ3n) is 3.04. The highest BCUT2D eigenvalue weighted by molar-refractivity contribution is 5.49. The Morgan fingerprint density at radius 1 is 1.50 bits per heavy atom. The lowest BCUT2D eigenvalue weighted by atomic mass is 10.1. The number of pyridine rings is 1. The third-order valence-corrected chi connectivity index (χ3v) is 3.04. The van der Waals surface area contributed by atoms with Crippen molar-refractivity contribution in [3.05, 3.63) is 35.5 Å². The number of hydrogen-bond acceptors (Lipinski definition) is 3. The van der Waals surface area contributed by atoms with Gasteiger partial charge in [-0.05, 0) is 26.3 Å². The zero-order chi connectivity index (χ0) is 11.5. The van der Waals surface area contributed by atoms with Gasteiger partial charge in [-0.25, -0.2) is 4.98 Å². The highest BCUT2D eigenvalue weighted by Crippen LogP contribution is 2.24. The molecule has 2 rings (SSSR count). The van der Waals surface area contributed by atoms with E-state index in [1.807, 2.05) is 19.2 Å². The molecule has 0 amide bonds. The van der Waals surface area contributed by atoms with E-state index in [0.29, 0.717) is 0 Å². The van der Waals surface area contributed by atoms with Crippen LogP contribution in [0, 0.1) is 0 Å². The molecule has 0 aliphatic carbocycles. The van der Waals surface area contributed by atoms with Gasteiger partial charge in [0.05, 0.1) is 0 Å². The largest absolute Gasteiger partial charge is 0.352 e. The molecule has 0 spiro atoms. The zero-order valence-corrected chi connectivity index (χ0v) is 9.98. The number of aromatic nitrogens is 1. The Bertz CT molecular complexity index is 396. The molecule has 16 heavy (non-hydrogen) atoms. The minimum absolute atomic E-state index is 0.0377. The molecular weight excluding hydrogens is 198 g/mol. The predicted octanol–water partition coefficient (Wildman–Crippen LogP) is 2.26. The van der Waals surface area contributed by atoms with Crippen molar-refractivity contribution in [2.75, 3.05) is 18.0 Å². The zero-order valence-electron chi connectivity index (χ0n) is 9.98. The summed E-state index contributed by atoms with van der Waals surface area (Å²) in [5.74, 6) is 1.04. The van der Waals surface area contributed by atoms with Crippen molar-refractivity contribution in [1.29, 1.82) is 0 Å². The minimum Gasteiger partial charge on any atom is -0.352 e. The average Bonchev–Trinajstić information content (AvgIpc) is 2.30. The van der Waals surface area contributed by atoms with E-state index in [1.54, 1.807) is 0 Å². The molecule has 3 heteroatoms. The summed E-state index contributed by atoms with van der Waals surface area (Å²) in [5, 5.41) is 0. The maximum absolute atomic E-state index is 5.97. The van der Waals surface area contributed by atoms with E-state index in [1.165, 1.54) is 5.57 Å². The Morgan fingerprint density at radius 2 is 2.31 bits per heavy atom. The molecule has 0 saturated heterocycles. The van der Waals surface area contributed by atoms with Crippen molar-refractivity contribution in [2.45, 2.75) is 26.3 Å². The van der Waals surface area contributed by atoms with Crippen LogP contribution in [-0.4, -0.2) is 18.1 Å². The third kappa shape index (κ3) is 2.25. The molecule has 1 aliphatic rings. The fourth-order valence-electron chi connectivity index (χ4n) is 1.99. The van der Waals surface area contributed by atoms with Gasteiger partial charge in [-0.2, -0.15) is 0 Å². The second-order valence-corrected chi connectivity index (χ2v) is 4.45. The number of nitrogens with zero attached hydrogens (tertiary/aromatic N) is 2. The molecular formula is C13H19N3. The normalized spacial score (nSPS) is 18.2. The topological polar surface area (TPSA) is 42.2 Å². The maximum atomic E-state index is 5.97. The molecule has 1 aliphatic heterocycles. The molecule has 0 unspecified atom stereocenters. The van der Waals surface area contributed by atoms with Gasteiger partial charge in [0.15, 0.2) is 0 Å². The SMILES string of the molecule is CC1=CCN(c2ncccc2[C@H](C)N)CC1. The maximum Gasteiger partial charge on any atom is 0.133 e. The van der Waals surface area contributed by atoms with Crippen LogP contribution in [0.25, 0.3) is 0 Å². The first-order chi connectivity index (χ1) is 7.68. The van der Waals surface area contributed by atoms with Crippen molar-refractivity contribution in [1.82, 2.24) is 4.98 Å². The van der Waals surface area contributed by atoms with Gasteiger partial charge >= 0.3 is 0 Å². The Kier molecular flexibility index (Phi) is 3.25. The molecule has 0 fully saturated rings. The lowest BCUT2D eigenvalue weighted by Crippen LogP contribution is -2.30. The minimum atomic E-state index is 0.0377. The molecule has 2 N–H and O–H groups in total. The first-order valence-electron chi connectivity index (χ1n) is 5.79. The van der Waals surface area contributed by atoms with Gasteiger partial charge in [0.1, 0.15) is 5.82 Å². The van der Waals surface area contributed by atoms with Crippen molar-refractivity contribution in [3.8, 4) is 0 Å². The van der Waals surface area contributed by atoms with Gasteiger partial charge in [0.25, 0.3) is 0 Å². The summed E-state index contributed by atoms with van der Waals surface area (Å²) in [6.07, 6.45) is 5.23. The Hall–Kier alpha value is -1.35. The fraction of sp³-hybridized carbons (Fsp3) is 0.462. The van der Waals surface area contributed by atoms with E-state index in [2.05, 4.69) is 29.0 Å². The van der Waals surface area contributed by atoms with Gasteiger partial charge in [0.2, 0.25) is 0 Å². The van der Waals surface area contributed by atoms with E-state index in [4.69, 9.17) is 5.73 Å². The summed E-state index contributed by atoms with van der Waals surface area (Å²) in [4.78, 5) is 6.76. The summed E-state index contributed by atoms with van der Waals surface area (Å²) in [6, 6.07) is 4.06. The quantitative estimate of drug-likeness (QED) is 0.773. The van der Waals surface area contributed by atoms with Crippen LogP contribution in [0.2, 0.25) is 0 Å². The van der Waals surface area contributed by atoms with Gasteiger partial charge in [-0.15, -0.1) is 0 Å². The molecule has 86 valence electrons.